The summed E-state index contributed by atoms with van der Waals surface area (Å²) in [6, 6.07) is 26.6. The minimum absolute atomic E-state index is 0.0338. The van der Waals surface area contributed by atoms with Gasteiger partial charge in [-0.1, -0.05) is 48.5 Å². The molecule has 1 heterocycles. The number of hydrazone groups is 1. The van der Waals surface area contributed by atoms with Crippen LogP contribution in [0.5, 0.6) is 5.75 Å². The molecule has 0 atom stereocenters. The van der Waals surface area contributed by atoms with Gasteiger partial charge in [0.1, 0.15) is 5.75 Å². The van der Waals surface area contributed by atoms with Gasteiger partial charge in [-0.3, -0.25) is 4.79 Å². The number of para-hydroxylation sites is 1. The molecule has 154 valence electrons. The molecule has 4 rings (SSSR count). The van der Waals surface area contributed by atoms with E-state index in [4.69, 9.17) is 4.74 Å². The summed E-state index contributed by atoms with van der Waals surface area (Å²) in [5, 5.41) is 8.44. The Kier molecular flexibility index (Phi) is 6.13. The van der Waals surface area contributed by atoms with Gasteiger partial charge in [0.05, 0.1) is 18.5 Å². The van der Waals surface area contributed by atoms with Crippen LogP contribution in [0, 0.1) is 0 Å². The average molecular weight is 411 g/mol. The number of rotatable bonds is 7. The van der Waals surface area contributed by atoms with Crippen LogP contribution < -0.4 is 10.2 Å². The molecule has 0 aliphatic carbocycles. The Balaban J connectivity index is 1.55. The molecule has 0 saturated carbocycles. The lowest BCUT2D eigenvalue weighted by Gasteiger charge is -2.05. The van der Waals surface area contributed by atoms with Gasteiger partial charge >= 0.3 is 5.91 Å². The standard InChI is InChI=1S/C24H21N5O2/c1-2-31-21-15-13-18(14-16-21)17-25-27-24(30)22-26-23(19-9-5-3-6-10-19)29(28-22)20-11-7-4-8-12-20/h3-17H,2H2,1H3,(H,27,30)/b25-17+. The van der Waals surface area contributed by atoms with Crippen molar-refractivity contribution in [1.29, 1.82) is 0 Å². The van der Waals surface area contributed by atoms with Crippen molar-refractivity contribution in [2.45, 2.75) is 6.92 Å². The van der Waals surface area contributed by atoms with Gasteiger partial charge in [0.2, 0.25) is 5.82 Å². The Labute approximate surface area is 180 Å². The van der Waals surface area contributed by atoms with E-state index < -0.39 is 5.91 Å². The maximum absolute atomic E-state index is 12.6. The van der Waals surface area contributed by atoms with Crippen LogP contribution in [0.3, 0.4) is 0 Å². The molecule has 0 aliphatic rings. The fourth-order valence-electron chi connectivity index (χ4n) is 2.96. The first-order chi connectivity index (χ1) is 15.2. The molecule has 0 saturated heterocycles. The van der Waals surface area contributed by atoms with Gasteiger partial charge in [-0.2, -0.15) is 5.10 Å². The normalized spacial score (nSPS) is 10.9. The van der Waals surface area contributed by atoms with Crippen LogP contribution in [0.4, 0.5) is 0 Å². The molecule has 0 spiro atoms. The van der Waals surface area contributed by atoms with Crippen LogP contribution in [0.25, 0.3) is 17.1 Å². The minimum atomic E-state index is -0.492. The Bertz CT molecular complexity index is 1110. The van der Waals surface area contributed by atoms with Crippen molar-refractivity contribution in [2.24, 2.45) is 5.10 Å². The molecule has 4 aromatic rings. The average Bonchev–Trinajstić information content (AvgIpc) is 3.27. The van der Waals surface area contributed by atoms with Gasteiger partial charge in [-0.15, -0.1) is 5.10 Å². The molecular weight excluding hydrogens is 390 g/mol. The van der Waals surface area contributed by atoms with Crippen molar-refractivity contribution in [3.63, 3.8) is 0 Å². The summed E-state index contributed by atoms with van der Waals surface area (Å²) < 4.78 is 7.07. The fraction of sp³-hybridized carbons (Fsp3) is 0.0833. The van der Waals surface area contributed by atoms with Gasteiger partial charge in [-0.25, -0.2) is 15.1 Å². The first-order valence-corrected chi connectivity index (χ1v) is 9.89. The van der Waals surface area contributed by atoms with E-state index in [1.807, 2.05) is 91.9 Å². The van der Waals surface area contributed by atoms with E-state index in [9.17, 15) is 4.79 Å². The van der Waals surface area contributed by atoms with Crippen LogP contribution in [0.2, 0.25) is 0 Å². The third-order valence-electron chi connectivity index (χ3n) is 4.41. The quantitative estimate of drug-likeness (QED) is 0.367. The number of carbonyl (C=O) groups excluding carboxylic acids is 1. The lowest BCUT2D eigenvalue weighted by Crippen LogP contribution is -2.19. The largest absolute Gasteiger partial charge is 0.494 e. The van der Waals surface area contributed by atoms with E-state index in [2.05, 4.69) is 20.6 Å². The third-order valence-corrected chi connectivity index (χ3v) is 4.41. The predicted molar refractivity (Wildman–Crippen MR) is 119 cm³/mol. The van der Waals surface area contributed by atoms with Gasteiger partial charge in [0, 0.05) is 5.56 Å². The SMILES string of the molecule is CCOc1ccc(/C=N/NC(=O)c2nc(-c3ccccc3)n(-c3ccccc3)n2)cc1. The summed E-state index contributed by atoms with van der Waals surface area (Å²) in [7, 11) is 0. The fourth-order valence-corrected chi connectivity index (χ4v) is 2.96. The molecule has 31 heavy (non-hydrogen) atoms. The van der Waals surface area contributed by atoms with Gasteiger partial charge in [0.25, 0.3) is 0 Å². The zero-order valence-corrected chi connectivity index (χ0v) is 17.0. The Morgan fingerprint density at radius 3 is 2.35 bits per heavy atom. The van der Waals surface area contributed by atoms with E-state index >= 15 is 0 Å². The molecule has 3 aromatic carbocycles. The second kappa shape index (κ2) is 9.49. The first kappa shape index (κ1) is 20.0. The van der Waals surface area contributed by atoms with E-state index in [1.54, 1.807) is 10.9 Å². The number of amides is 1. The van der Waals surface area contributed by atoms with Crippen molar-refractivity contribution in [1.82, 2.24) is 20.2 Å². The second-order valence-corrected chi connectivity index (χ2v) is 6.57. The number of hydrogen-bond donors (Lipinski definition) is 1. The highest BCUT2D eigenvalue weighted by Crippen LogP contribution is 2.21. The smallest absolute Gasteiger partial charge is 0.311 e. The van der Waals surface area contributed by atoms with E-state index in [1.165, 1.54) is 0 Å². The van der Waals surface area contributed by atoms with E-state index in [-0.39, 0.29) is 5.82 Å². The molecule has 1 aromatic heterocycles. The number of benzene rings is 3. The molecule has 7 heteroatoms. The summed E-state index contributed by atoms with van der Waals surface area (Å²) >= 11 is 0. The molecule has 0 radical (unpaired) electrons. The molecule has 7 nitrogen and oxygen atoms in total. The monoisotopic (exact) mass is 411 g/mol. The van der Waals surface area contributed by atoms with Crippen molar-refractivity contribution in [3.05, 3.63) is 96.3 Å². The summed E-state index contributed by atoms with van der Waals surface area (Å²) in [4.78, 5) is 17.1. The number of ether oxygens (including phenoxy) is 1. The van der Waals surface area contributed by atoms with Crippen LogP contribution in [0.1, 0.15) is 23.1 Å². The minimum Gasteiger partial charge on any atom is -0.494 e. The summed E-state index contributed by atoms with van der Waals surface area (Å²) in [6.45, 7) is 2.54. The summed E-state index contributed by atoms with van der Waals surface area (Å²) in [6.07, 6.45) is 1.56. The zero-order valence-electron chi connectivity index (χ0n) is 17.0. The molecule has 0 aliphatic heterocycles. The third kappa shape index (κ3) is 4.84. The number of aromatic nitrogens is 3. The Morgan fingerprint density at radius 2 is 1.68 bits per heavy atom. The molecule has 0 unspecified atom stereocenters. The lowest BCUT2D eigenvalue weighted by molar-refractivity contribution is 0.0945. The van der Waals surface area contributed by atoms with Crippen LogP contribution >= 0.6 is 0 Å². The van der Waals surface area contributed by atoms with E-state index in [0.29, 0.717) is 12.4 Å². The first-order valence-electron chi connectivity index (χ1n) is 9.89. The van der Waals surface area contributed by atoms with Crippen molar-refractivity contribution in [2.75, 3.05) is 6.61 Å². The maximum atomic E-state index is 12.6. The van der Waals surface area contributed by atoms with Gasteiger partial charge in [-0.05, 0) is 48.9 Å². The van der Waals surface area contributed by atoms with E-state index in [0.717, 1.165) is 22.6 Å². The lowest BCUT2D eigenvalue weighted by atomic mass is 10.2. The van der Waals surface area contributed by atoms with Crippen LogP contribution in [-0.4, -0.2) is 33.5 Å². The summed E-state index contributed by atoms with van der Waals surface area (Å²) in [5.74, 6) is 0.904. The highest BCUT2D eigenvalue weighted by atomic mass is 16.5. The number of nitrogens with one attached hydrogen (secondary N) is 1. The van der Waals surface area contributed by atoms with Gasteiger partial charge < -0.3 is 4.74 Å². The van der Waals surface area contributed by atoms with Crippen molar-refractivity contribution in [3.8, 4) is 22.8 Å². The number of hydrogen-bond acceptors (Lipinski definition) is 5. The highest BCUT2D eigenvalue weighted by Gasteiger charge is 2.18. The Hall–Kier alpha value is -4.26. The van der Waals surface area contributed by atoms with Gasteiger partial charge in [0.15, 0.2) is 5.82 Å². The van der Waals surface area contributed by atoms with Crippen molar-refractivity contribution >= 4 is 12.1 Å². The predicted octanol–water partition coefficient (Wildman–Crippen LogP) is 4.10. The molecule has 0 bridgehead atoms. The summed E-state index contributed by atoms with van der Waals surface area (Å²) in [5.41, 5.74) is 4.99. The molecular formula is C24H21N5O2. The number of carbonyl (C=O) groups is 1. The zero-order chi connectivity index (χ0) is 21.5. The second-order valence-electron chi connectivity index (χ2n) is 6.57. The van der Waals surface area contributed by atoms with Crippen LogP contribution in [-0.2, 0) is 0 Å². The van der Waals surface area contributed by atoms with Crippen molar-refractivity contribution < 1.29 is 9.53 Å². The highest BCUT2D eigenvalue weighted by molar-refractivity contribution is 5.92. The molecule has 1 N–H and O–H groups in total. The topological polar surface area (TPSA) is 81.4 Å². The molecule has 0 fully saturated rings. The maximum Gasteiger partial charge on any atom is 0.311 e. The van der Waals surface area contributed by atoms with Crippen LogP contribution in [0.15, 0.2) is 90.0 Å². The number of nitrogens with zero attached hydrogens (tertiary/aromatic N) is 4. The molecule has 1 amide bonds. The Morgan fingerprint density at radius 1 is 1.00 bits per heavy atom.